The lowest BCUT2D eigenvalue weighted by Gasteiger charge is -2.26. The van der Waals surface area contributed by atoms with Gasteiger partial charge in [0, 0.05) is 24.3 Å². The summed E-state index contributed by atoms with van der Waals surface area (Å²) in [4.78, 5) is 14.2. The maximum absolute atomic E-state index is 11.9. The van der Waals surface area contributed by atoms with E-state index < -0.39 is 7.82 Å². The van der Waals surface area contributed by atoms with Gasteiger partial charge in [0.1, 0.15) is 32.3 Å². The zero-order chi connectivity index (χ0) is 23.5. The third-order valence-electron chi connectivity index (χ3n) is 4.77. The van der Waals surface area contributed by atoms with Gasteiger partial charge >= 0.3 is 13.5 Å². The van der Waals surface area contributed by atoms with Crippen molar-refractivity contribution in [3.05, 3.63) is 55.7 Å². The number of ether oxygens (including phenoxy) is 1. The summed E-state index contributed by atoms with van der Waals surface area (Å²) in [6.45, 7) is 3.90. The Kier molecular flexibility index (Phi) is 7.86. The van der Waals surface area contributed by atoms with Gasteiger partial charge in [-0.25, -0.2) is 9.36 Å². The molecule has 0 aliphatic carbocycles. The van der Waals surface area contributed by atoms with Gasteiger partial charge in [-0.2, -0.15) is 0 Å². The summed E-state index contributed by atoms with van der Waals surface area (Å²) in [5.41, 5.74) is 3.05. The van der Waals surface area contributed by atoms with Crippen LogP contribution in [-0.4, -0.2) is 37.8 Å². The van der Waals surface area contributed by atoms with Gasteiger partial charge < -0.3 is 9.26 Å². The molecule has 1 saturated heterocycles. The van der Waals surface area contributed by atoms with Gasteiger partial charge in [0.2, 0.25) is 0 Å². The van der Waals surface area contributed by atoms with E-state index in [1.54, 1.807) is 0 Å². The molecule has 32 heavy (non-hydrogen) atoms. The number of phosphoric acid groups is 1. The van der Waals surface area contributed by atoms with E-state index in [2.05, 4.69) is 10.9 Å². The van der Waals surface area contributed by atoms with Crippen molar-refractivity contribution in [3.8, 4) is 18.1 Å². The molecule has 1 aromatic carbocycles. The molecule has 12 heteroatoms. The molecule has 4 radical (unpaired) electrons. The van der Waals surface area contributed by atoms with Crippen molar-refractivity contribution in [2.75, 3.05) is 6.51 Å². The molecule has 0 saturated carbocycles. The average molecular weight is 470 g/mol. The standard InChI is InChI=1S/C10H9BN2O2S.C10H12BO4P/c1-2-6-5-13(10(14)12-9(6)16)8-4-3-7(11)15-8;1-7-3-8(2)10-9(4-7)5-13-16(12,15-10)14-6-11/h1,5,7-8H,3-4H2,(H,12,14,16);3-4H,5-6H2,1-2H3/t7-,8?;/m0./s1. The van der Waals surface area contributed by atoms with Crippen molar-refractivity contribution in [2.45, 2.75) is 45.5 Å². The number of aromatic nitrogens is 2. The van der Waals surface area contributed by atoms with Gasteiger partial charge in [-0.15, -0.1) is 6.42 Å². The Morgan fingerprint density at radius 3 is 2.78 bits per heavy atom. The van der Waals surface area contributed by atoms with E-state index in [1.807, 2.05) is 26.0 Å². The van der Waals surface area contributed by atoms with Crippen molar-refractivity contribution in [3.63, 3.8) is 0 Å². The van der Waals surface area contributed by atoms with Crippen molar-refractivity contribution in [1.82, 2.24) is 9.55 Å². The summed E-state index contributed by atoms with van der Waals surface area (Å²) in [5, 5.41) is 0. The number of aryl methyl sites for hydroxylation is 2. The van der Waals surface area contributed by atoms with Crippen LogP contribution in [0.3, 0.4) is 0 Å². The molecule has 4 rings (SSSR count). The zero-order valence-electron chi connectivity index (χ0n) is 17.7. The predicted octanol–water partition coefficient (Wildman–Crippen LogP) is 3.15. The lowest BCUT2D eigenvalue weighted by atomic mass is 9.98. The van der Waals surface area contributed by atoms with Crippen LogP contribution in [0.5, 0.6) is 5.75 Å². The summed E-state index contributed by atoms with van der Waals surface area (Å²) in [5.74, 6) is 2.99. The quantitative estimate of drug-likeness (QED) is 0.319. The van der Waals surface area contributed by atoms with Gasteiger partial charge in [-0.05, 0) is 32.3 Å². The van der Waals surface area contributed by atoms with Gasteiger partial charge in [0.25, 0.3) is 0 Å². The first-order chi connectivity index (χ1) is 15.2. The molecule has 8 nitrogen and oxygen atoms in total. The molecule has 1 N–H and O–H groups in total. The minimum absolute atomic E-state index is 0.197. The minimum atomic E-state index is -3.51. The van der Waals surface area contributed by atoms with Crippen LogP contribution < -0.4 is 10.2 Å². The number of aromatic amines is 1. The first-order valence-corrected chi connectivity index (χ1v) is 11.6. The molecular formula is C20H21B2N2O6PS. The summed E-state index contributed by atoms with van der Waals surface area (Å²) in [6, 6.07) is 3.57. The Bertz CT molecular complexity index is 1210. The van der Waals surface area contributed by atoms with Crippen molar-refractivity contribution >= 4 is 35.7 Å². The van der Waals surface area contributed by atoms with Crippen LogP contribution in [0.1, 0.15) is 41.3 Å². The largest absolute Gasteiger partial charge is 0.529 e. The fourth-order valence-corrected chi connectivity index (χ4v) is 4.72. The summed E-state index contributed by atoms with van der Waals surface area (Å²) in [6.07, 6.45) is 7.86. The average Bonchev–Trinajstić information content (AvgIpc) is 3.15. The Labute approximate surface area is 194 Å². The second kappa shape index (κ2) is 10.2. The molecule has 1 aromatic heterocycles. The van der Waals surface area contributed by atoms with E-state index in [4.69, 9.17) is 52.6 Å². The molecule has 3 atom stereocenters. The van der Waals surface area contributed by atoms with Gasteiger partial charge in [0.15, 0.2) is 0 Å². The number of hydrogen-bond donors (Lipinski definition) is 1. The number of terminal acetylenes is 1. The van der Waals surface area contributed by atoms with E-state index in [0.717, 1.165) is 23.1 Å². The van der Waals surface area contributed by atoms with Crippen LogP contribution in [0.2, 0.25) is 0 Å². The van der Waals surface area contributed by atoms with Crippen LogP contribution in [0, 0.1) is 30.8 Å². The normalized spacial score (nSPS) is 23.9. The Balaban J connectivity index is 0.000000181. The van der Waals surface area contributed by atoms with Crippen LogP contribution in [-0.2, 0) is 25.0 Å². The highest BCUT2D eigenvalue weighted by molar-refractivity contribution is 7.71. The fourth-order valence-electron chi connectivity index (χ4n) is 3.37. The maximum Gasteiger partial charge on any atom is 0.529 e. The SMILES string of the molecule is [B]COP1(=O)OCc2cc(C)cc(C)c2O1.[B][C@@H]1CCC(n2cc(C#C)c(=S)[nH]c2=O)O1. The van der Waals surface area contributed by atoms with E-state index in [-0.39, 0.29) is 35.7 Å². The minimum Gasteiger partial charge on any atom is -0.403 e. The molecular weight excluding hydrogens is 449 g/mol. The Morgan fingerprint density at radius 1 is 1.41 bits per heavy atom. The number of nitrogens with zero attached hydrogens (tertiary/aromatic N) is 1. The topological polar surface area (TPSA) is 91.8 Å². The smallest absolute Gasteiger partial charge is 0.403 e. The summed E-state index contributed by atoms with van der Waals surface area (Å²) in [7, 11) is 7.26. The monoisotopic (exact) mass is 470 g/mol. The third-order valence-corrected chi connectivity index (χ3v) is 6.41. The van der Waals surface area contributed by atoms with E-state index >= 15 is 0 Å². The fraction of sp³-hybridized carbons (Fsp3) is 0.400. The number of phosphoric ester groups is 1. The molecule has 0 amide bonds. The van der Waals surface area contributed by atoms with Gasteiger partial charge in [0.05, 0.1) is 12.2 Å². The van der Waals surface area contributed by atoms with Crippen LogP contribution in [0.15, 0.2) is 23.1 Å². The molecule has 164 valence electrons. The summed E-state index contributed by atoms with van der Waals surface area (Å²) < 4.78 is 34.1. The molecule has 2 unspecified atom stereocenters. The molecule has 2 aliphatic rings. The molecule has 0 bridgehead atoms. The number of hydrogen-bond acceptors (Lipinski definition) is 7. The number of H-pyrrole nitrogens is 1. The van der Waals surface area contributed by atoms with E-state index in [0.29, 0.717) is 17.7 Å². The van der Waals surface area contributed by atoms with E-state index in [1.165, 1.54) is 10.8 Å². The third kappa shape index (κ3) is 5.64. The number of rotatable bonds is 3. The molecule has 3 heterocycles. The highest BCUT2D eigenvalue weighted by Crippen LogP contribution is 2.55. The second-order valence-electron chi connectivity index (χ2n) is 7.24. The molecule has 0 spiro atoms. The zero-order valence-corrected chi connectivity index (χ0v) is 19.4. The molecule has 2 aliphatic heterocycles. The highest BCUT2D eigenvalue weighted by atomic mass is 32.1. The first kappa shape index (κ1) is 24.6. The Morgan fingerprint density at radius 2 is 2.16 bits per heavy atom. The van der Waals surface area contributed by atoms with Crippen LogP contribution in [0.25, 0.3) is 0 Å². The van der Waals surface area contributed by atoms with E-state index in [9.17, 15) is 9.36 Å². The first-order valence-electron chi connectivity index (χ1n) is 9.78. The Hall–Kier alpha value is -2.08. The molecule has 1 fully saturated rings. The number of benzene rings is 1. The number of fused-ring (bicyclic) bond motifs is 1. The maximum atomic E-state index is 11.9. The van der Waals surface area contributed by atoms with Crippen LogP contribution >= 0.6 is 20.0 Å². The number of nitrogens with one attached hydrogen (secondary N) is 1. The predicted molar refractivity (Wildman–Crippen MR) is 123 cm³/mol. The van der Waals surface area contributed by atoms with Crippen molar-refractivity contribution < 1.29 is 22.9 Å². The highest BCUT2D eigenvalue weighted by Gasteiger charge is 2.34. The summed E-state index contributed by atoms with van der Waals surface area (Å²) >= 11 is 4.92. The molecule has 2 aromatic rings. The van der Waals surface area contributed by atoms with Crippen LogP contribution in [0.4, 0.5) is 0 Å². The van der Waals surface area contributed by atoms with Gasteiger partial charge in [-0.3, -0.25) is 18.6 Å². The second-order valence-corrected chi connectivity index (χ2v) is 9.24. The lowest BCUT2D eigenvalue weighted by molar-refractivity contribution is 0.0340. The van der Waals surface area contributed by atoms with Crippen molar-refractivity contribution in [2.24, 2.45) is 0 Å². The van der Waals surface area contributed by atoms with Gasteiger partial charge in [-0.1, -0.05) is 35.8 Å². The van der Waals surface area contributed by atoms with Crippen molar-refractivity contribution in [1.29, 1.82) is 0 Å². The lowest BCUT2D eigenvalue weighted by Crippen LogP contribution is -2.27.